The van der Waals surface area contributed by atoms with Crippen molar-refractivity contribution in [2.24, 2.45) is 0 Å². The van der Waals surface area contributed by atoms with Crippen LogP contribution in [0.5, 0.6) is 5.75 Å². The third-order valence-corrected chi connectivity index (χ3v) is 2.33. The zero-order chi connectivity index (χ0) is 9.42. The van der Waals surface area contributed by atoms with Crippen molar-refractivity contribution in [3.8, 4) is 5.75 Å². The summed E-state index contributed by atoms with van der Waals surface area (Å²) in [6.45, 7) is 1.93. The van der Waals surface area contributed by atoms with Gasteiger partial charge in [0.05, 0.1) is 0 Å². The van der Waals surface area contributed by atoms with Gasteiger partial charge in [-0.3, -0.25) is 0 Å². The molecule has 70 valence electrons. The van der Waals surface area contributed by atoms with Crippen LogP contribution in [0.1, 0.15) is 25.0 Å². The molecule has 0 saturated carbocycles. The summed E-state index contributed by atoms with van der Waals surface area (Å²) in [7, 11) is 0. The van der Waals surface area contributed by atoms with Crippen LogP contribution in [0.3, 0.4) is 0 Å². The van der Waals surface area contributed by atoms with E-state index >= 15 is 0 Å². The first-order chi connectivity index (χ1) is 6.22. The number of ether oxygens (including phenoxy) is 1. The SMILES string of the molecule is CCC1Oc2cc(F)ccc2C1O. The van der Waals surface area contributed by atoms with E-state index in [1.807, 2.05) is 6.92 Å². The summed E-state index contributed by atoms with van der Waals surface area (Å²) >= 11 is 0. The van der Waals surface area contributed by atoms with Crippen LogP contribution in [-0.4, -0.2) is 11.2 Å². The van der Waals surface area contributed by atoms with E-state index in [0.29, 0.717) is 11.3 Å². The molecular weight excluding hydrogens is 171 g/mol. The molecule has 0 radical (unpaired) electrons. The van der Waals surface area contributed by atoms with E-state index < -0.39 is 6.10 Å². The Labute approximate surface area is 76.0 Å². The summed E-state index contributed by atoms with van der Waals surface area (Å²) in [5, 5.41) is 9.68. The summed E-state index contributed by atoms with van der Waals surface area (Å²) in [5.41, 5.74) is 0.688. The average Bonchev–Trinajstić information content (AvgIpc) is 2.42. The molecule has 1 N–H and O–H groups in total. The van der Waals surface area contributed by atoms with Gasteiger partial charge in [0.25, 0.3) is 0 Å². The lowest BCUT2D eigenvalue weighted by Gasteiger charge is -2.10. The van der Waals surface area contributed by atoms with Crippen LogP contribution in [0, 0.1) is 5.82 Å². The fourth-order valence-corrected chi connectivity index (χ4v) is 1.59. The number of fused-ring (bicyclic) bond motifs is 1. The predicted octanol–water partition coefficient (Wildman–Crippen LogP) is 2.03. The molecule has 1 aliphatic rings. The van der Waals surface area contributed by atoms with Crippen LogP contribution >= 0.6 is 0 Å². The van der Waals surface area contributed by atoms with Gasteiger partial charge < -0.3 is 9.84 Å². The molecule has 0 bridgehead atoms. The number of hydrogen-bond donors (Lipinski definition) is 1. The first kappa shape index (κ1) is 8.51. The summed E-state index contributed by atoms with van der Waals surface area (Å²) < 4.78 is 18.1. The molecule has 0 aliphatic carbocycles. The maximum atomic E-state index is 12.8. The molecule has 1 heterocycles. The summed E-state index contributed by atoms with van der Waals surface area (Å²) in [6.07, 6.45) is -0.116. The summed E-state index contributed by atoms with van der Waals surface area (Å²) in [6, 6.07) is 4.22. The van der Waals surface area contributed by atoms with Gasteiger partial charge in [-0.05, 0) is 18.6 Å². The van der Waals surface area contributed by atoms with E-state index in [1.54, 1.807) is 6.07 Å². The van der Waals surface area contributed by atoms with E-state index in [1.165, 1.54) is 12.1 Å². The number of benzene rings is 1. The van der Waals surface area contributed by atoms with E-state index in [-0.39, 0.29) is 11.9 Å². The fraction of sp³-hybridized carbons (Fsp3) is 0.400. The van der Waals surface area contributed by atoms with Crippen molar-refractivity contribution < 1.29 is 14.2 Å². The van der Waals surface area contributed by atoms with Crippen molar-refractivity contribution in [2.45, 2.75) is 25.6 Å². The molecule has 0 fully saturated rings. The third kappa shape index (κ3) is 1.29. The second-order valence-electron chi connectivity index (χ2n) is 3.19. The lowest BCUT2D eigenvalue weighted by molar-refractivity contribution is 0.0653. The van der Waals surface area contributed by atoms with Crippen molar-refractivity contribution >= 4 is 0 Å². The zero-order valence-electron chi connectivity index (χ0n) is 7.33. The summed E-state index contributed by atoms with van der Waals surface area (Å²) in [5.74, 6) is 0.141. The Hall–Kier alpha value is -1.09. The van der Waals surface area contributed by atoms with Gasteiger partial charge in [-0.2, -0.15) is 0 Å². The minimum atomic E-state index is -0.611. The molecule has 2 atom stereocenters. The smallest absolute Gasteiger partial charge is 0.129 e. The lowest BCUT2D eigenvalue weighted by atomic mass is 10.1. The van der Waals surface area contributed by atoms with Crippen molar-refractivity contribution in [1.82, 2.24) is 0 Å². The molecule has 1 aliphatic heterocycles. The van der Waals surface area contributed by atoms with E-state index in [9.17, 15) is 9.50 Å². The van der Waals surface area contributed by atoms with Crippen LogP contribution in [-0.2, 0) is 0 Å². The second kappa shape index (κ2) is 3.00. The van der Waals surface area contributed by atoms with E-state index in [2.05, 4.69) is 0 Å². The standard InChI is InChI=1S/C10H11FO2/c1-2-8-10(12)7-4-3-6(11)5-9(7)13-8/h3-5,8,10,12H,2H2,1H3. The largest absolute Gasteiger partial charge is 0.487 e. The van der Waals surface area contributed by atoms with Crippen LogP contribution in [0.2, 0.25) is 0 Å². The van der Waals surface area contributed by atoms with E-state index in [0.717, 1.165) is 6.42 Å². The first-order valence-corrected chi connectivity index (χ1v) is 4.36. The highest BCUT2D eigenvalue weighted by atomic mass is 19.1. The van der Waals surface area contributed by atoms with Crippen molar-refractivity contribution in [2.75, 3.05) is 0 Å². The monoisotopic (exact) mass is 182 g/mol. The van der Waals surface area contributed by atoms with Gasteiger partial charge in [0.1, 0.15) is 23.8 Å². The highest BCUT2D eigenvalue weighted by Gasteiger charge is 2.31. The Balaban J connectivity index is 2.38. The van der Waals surface area contributed by atoms with Gasteiger partial charge in [-0.1, -0.05) is 6.92 Å². The number of aliphatic hydroxyl groups is 1. The minimum Gasteiger partial charge on any atom is -0.487 e. The Bertz CT molecular complexity index is 325. The van der Waals surface area contributed by atoms with Crippen LogP contribution < -0.4 is 4.74 Å². The average molecular weight is 182 g/mol. The highest BCUT2D eigenvalue weighted by molar-refractivity contribution is 5.39. The number of aliphatic hydroxyl groups excluding tert-OH is 1. The van der Waals surface area contributed by atoms with Gasteiger partial charge in [0.15, 0.2) is 0 Å². The topological polar surface area (TPSA) is 29.5 Å². The molecule has 2 rings (SSSR count). The van der Waals surface area contributed by atoms with Crippen molar-refractivity contribution in [3.05, 3.63) is 29.6 Å². The molecule has 2 unspecified atom stereocenters. The molecule has 0 saturated heterocycles. The Morgan fingerprint density at radius 1 is 1.54 bits per heavy atom. The number of hydrogen-bond acceptors (Lipinski definition) is 2. The number of rotatable bonds is 1. The third-order valence-electron chi connectivity index (χ3n) is 2.33. The van der Waals surface area contributed by atoms with Gasteiger partial charge in [0.2, 0.25) is 0 Å². The van der Waals surface area contributed by atoms with Gasteiger partial charge in [0, 0.05) is 11.6 Å². The normalized spacial score (nSPS) is 25.5. The molecule has 13 heavy (non-hydrogen) atoms. The van der Waals surface area contributed by atoms with Crippen molar-refractivity contribution in [3.63, 3.8) is 0 Å². The highest BCUT2D eigenvalue weighted by Crippen LogP contribution is 2.37. The molecule has 1 aromatic carbocycles. The second-order valence-corrected chi connectivity index (χ2v) is 3.19. The number of halogens is 1. The Morgan fingerprint density at radius 3 is 3.00 bits per heavy atom. The predicted molar refractivity (Wildman–Crippen MR) is 46.1 cm³/mol. The Morgan fingerprint density at radius 2 is 2.31 bits per heavy atom. The fourth-order valence-electron chi connectivity index (χ4n) is 1.59. The minimum absolute atomic E-state index is 0.225. The molecule has 0 aromatic heterocycles. The van der Waals surface area contributed by atoms with E-state index in [4.69, 9.17) is 4.74 Å². The molecule has 2 nitrogen and oxygen atoms in total. The van der Waals surface area contributed by atoms with Crippen LogP contribution in [0.15, 0.2) is 18.2 Å². The van der Waals surface area contributed by atoms with Crippen LogP contribution in [0.25, 0.3) is 0 Å². The van der Waals surface area contributed by atoms with Crippen molar-refractivity contribution in [1.29, 1.82) is 0 Å². The molecule has 3 heteroatoms. The molecule has 0 amide bonds. The lowest BCUT2D eigenvalue weighted by Crippen LogP contribution is -2.16. The van der Waals surface area contributed by atoms with Crippen LogP contribution in [0.4, 0.5) is 4.39 Å². The molecule has 0 spiro atoms. The van der Waals surface area contributed by atoms with Gasteiger partial charge in [-0.25, -0.2) is 4.39 Å². The maximum Gasteiger partial charge on any atom is 0.129 e. The summed E-state index contributed by atoms with van der Waals surface area (Å²) in [4.78, 5) is 0. The first-order valence-electron chi connectivity index (χ1n) is 4.36. The quantitative estimate of drug-likeness (QED) is 0.720. The maximum absolute atomic E-state index is 12.8. The van der Waals surface area contributed by atoms with Gasteiger partial charge >= 0.3 is 0 Å². The molecular formula is C10H11FO2. The van der Waals surface area contributed by atoms with Gasteiger partial charge in [-0.15, -0.1) is 0 Å². The molecule has 1 aromatic rings. The zero-order valence-corrected chi connectivity index (χ0v) is 7.33. The Kier molecular flexibility index (Phi) is 1.96.